The Morgan fingerprint density at radius 1 is 1.03 bits per heavy atom. The minimum atomic E-state index is -1.01. The van der Waals surface area contributed by atoms with E-state index in [0.29, 0.717) is 79.3 Å². The monoisotopic (exact) mass is 801 g/mol. The summed E-state index contributed by atoms with van der Waals surface area (Å²) in [7, 11) is 0. The highest BCUT2D eigenvalue weighted by atomic mass is 19.1. The highest BCUT2D eigenvalue weighted by Gasteiger charge is 2.49. The van der Waals surface area contributed by atoms with Crippen LogP contribution in [0.2, 0.25) is 0 Å². The summed E-state index contributed by atoms with van der Waals surface area (Å²) >= 11 is 0. The Morgan fingerprint density at radius 2 is 1.88 bits per heavy atom. The largest absolute Gasteiger partial charge is 0.461 e. The van der Waals surface area contributed by atoms with Gasteiger partial charge in [0.15, 0.2) is 5.82 Å². The molecule has 6 aliphatic heterocycles. The normalized spacial score (nSPS) is 27.4. The van der Waals surface area contributed by atoms with E-state index in [1.165, 1.54) is 4.90 Å². The number of halogens is 3. The Labute approximate surface area is 335 Å². The molecule has 15 heteroatoms. The Kier molecular flexibility index (Phi) is 9.79. The highest BCUT2D eigenvalue weighted by molar-refractivity contribution is 6.02. The number of hydrogen-bond donors (Lipinski definition) is 1. The van der Waals surface area contributed by atoms with Gasteiger partial charge in [0.2, 0.25) is 0 Å². The minimum absolute atomic E-state index is 0.00505. The van der Waals surface area contributed by atoms with E-state index in [9.17, 15) is 18.4 Å². The Hall–Kier alpha value is -4.92. The molecule has 0 spiro atoms. The molecule has 0 saturated carbocycles. The maximum Gasteiger partial charge on any atom is 0.415 e. The average molecular weight is 802 g/mol. The average Bonchev–Trinajstić information content (AvgIpc) is 3.70. The molecular weight excluding hydrogens is 752 g/mol. The third kappa shape index (κ3) is 7.13. The lowest BCUT2D eigenvalue weighted by Gasteiger charge is -2.42. The molecule has 2 aromatic heterocycles. The molecule has 2 amide bonds. The van der Waals surface area contributed by atoms with Crippen LogP contribution in [0.25, 0.3) is 32.9 Å². The minimum Gasteiger partial charge on any atom is -0.461 e. The van der Waals surface area contributed by atoms with E-state index < -0.39 is 47.0 Å². The Bertz CT molecular complexity index is 2280. The van der Waals surface area contributed by atoms with Gasteiger partial charge in [-0.3, -0.25) is 9.88 Å². The molecule has 6 aliphatic rings. The summed E-state index contributed by atoms with van der Waals surface area (Å²) in [5.74, 6) is -0.118. The van der Waals surface area contributed by atoms with Crippen molar-refractivity contribution in [3.05, 3.63) is 47.9 Å². The molecule has 12 nitrogen and oxygen atoms in total. The molecule has 4 saturated heterocycles. The van der Waals surface area contributed by atoms with Gasteiger partial charge in [-0.2, -0.15) is 9.97 Å². The number of alkyl halides is 2. The van der Waals surface area contributed by atoms with Crippen molar-refractivity contribution >= 4 is 39.7 Å². The molecule has 1 N–H and O–H groups in total. The number of alkyl carbamates (subject to hydrolysis) is 1. The lowest BCUT2D eigenvalue weighted by molar-refractivity contribution is 0.0405. The quantitative estimate of drug-likeness (QED) is 0.220. The van der Waals surface area contributed by atoms with E-state index >= 15 is 4.39 Å². The van der Waals surface area contributed by atoms with Crippen molar-refractivity contribution in [2.24, 2.45) is 0 Å². The molecule has 4 aromatic rings. The number of nitrogens with zero attached hydrogens (tertiary/aromatic N) is 6. The van der Waals surface area contributed by atoms with Crippen LogP contribution in [0.4, 0.5) is 28.6 Å². The van der Waals surface area contributed by atoms with Gasteiger partial charge in [0.25, 0.3) is 0 Å². The summed E-state index contributed by atoms with van der Waals surface area (Å²) in [5, 5.41) is 4.82. The van der Waals surface area contributed by atoms with Gasteiger partial charge in [0, 0.05) is 56.3 Å². The van der Waals surface area contributed by atoms with Crippen molar-refractivity contribution in [1.82, 2.24) is 30.1 Å². The summed E-state index contributed by atoms with van der Waals surface area (Å²) in [5.41, 5.74) is -0.696. The molecular formula is C43H50F3N7O5. The van der Waals surface area contributed by atoms with E-state index in [1.807, 2.05) is 43.9 Å². The van der Waals surface area contributed by atoms with Crippen molar-refractivity contribution in [2.45, 2.75) is 108 Å². The van der Waals surface area contributed by atoms with Crippen LogP contribution in [0.3, 0.4) is 0 Å². The molecule has 4 atom stereocenters. The lowest BCUT2D eigenvalue weighted by Crippen LogP contribution is -2.57. The van der Waals surface area contributed by atoms with Crippen LogP contribution in [-0.2, 0) is 11.2 Å². The van der Waals surface area contributed by atoms with E-state index in [1.54, 1.807) is 18.3 Å². The second-order valence-corrected chi connectivity index (χ2v) is 17.7. The number of carbonyl (C=O) groups is 2. The third-order valence-corrected chi connectivity index (χ3v) is 12.9. The van der Waals surface area contributed by atoms with Crippen LogP contribution in [0.1, 0.15) is 77.7 Å². The number of likely N-dealkylation sites (tertiary alicyclic amines) is 1. The molecule has 8 heterocycles. The smallest absolute Gasteiger partial charge is 0.415 e. The number of anilines is 1. The molecule has 10 rings (SSSR count). The highest BCUT2D eigenvalue weighted by Crippen LogP contribution is 2.43. The van der Waals surface area contributed by atoms with Gasteiger partial charge in [-0.15, -0.1) is 0 Å². The number of rotatable bonds is 4. The molecule has 4 fully saturated rings. The van der Waals surface area contributed by atoms with Gasteiger partial charge in [0.05, 0.1) is 23.1 Å². The number of aryl methyl sites for hydroxylation is 1. The zero-order chi connectivity index (χ0) is 40.4. The molecule has 2 aromatic carbocycles. The summed E-state index contributed by atoms with van der Waals surface area (Å²) in [6.45, 7) is 8.18. The molecule has 6 bridgehead atoms. The van der Waals surface area contributed by atoms with E-state index in [4.69, 9.17) is 29.2 Å². The zero-order valence-corrected chi connectivity index (χ0v) is 33.3. The maximum atomic E-state index is 17.6. The zero-order valence-electron chi connectivity index (χ0n) is 33.3. The first kappa shape index (κ1) is 38.6. The van der Waals surface area contributed by atoms with E-state index in [0.717, 1.165) is 24.9 Å². The van der Waals surface area contributed by atoms with Crippen LogP contribution < -0.4 is 19.7 Å². The second kappa shape index (κ2) is 14.7. The number of nitrogens with one attached hydrogen (secondary N) is 1. The summed E-state index contributed by atoms with van der Waals surface area (Å²) in [4.78, 5) is 46.9. The number of amides is 2. The topological polar surface area (TPSA) is 122 Å². The lowest BCUT2D eigenvalue weighted by atomic mass is 9.90. The predicted octanol–water partition coefficient (Wildman–Crippen LogP) is 7.68. The van der Waals surface area contributed by atoms with E-state index in [-0.39, 0.29) is 55.6 Å². The summed E-state index contributed by atoms with van der Waals surface area (Å²) in [6, 6.07) is 8.99. The summed E-state index contributed by atoms with van der Waals surface area (Å²) < 4.78 is 64.7. The van der Waals surface area contributed by atoms with Gasteiger partial charge in [-0.25, -0.2) is 22.8 Å². The standard InChI is InChI=1S/C43H50F3N7O5/c1-41(2)20-28(44)11-16-53(41)40(55)58-30-18-27-9-4-8-26-10-5-17-56-39(54)50-42(3)12-6-14-51(24-42)37-32-22-47-35(31(19-30)33(26)27)34(46)36(32)48-38(49-37)57-25-43-13-7-15-52(43)23-29(45)21-43/h4,8-9,18-19,22,28-29H,5-7,10-17,20-21,23-25H2,1-3H3,(H,50,54)/t28?,29-,42-,43+/m1/s1. The molecule has 58 heavy (non-hydrogen) atoms. The van der Waals surface area contributed by atoms with Crippen molar-refractivity contribution < 1.29 is 37.0 Å². The Morgan fingerprint density at radius 3 is 2.72 bits per heavy atom. The van der Waals surface area contributed by atoms with Crippen molar-refractivity contribution in [1.29, 1.82) is 0 Å². The van der Waals surface area contributed by atoms with Gasteiger partial charge >= 0.3 is 18.2 Å². The van der Waals surface area contributed by atoms with Crippen molar-refractivity contribution in [3.63, 3.8) is 0 Å². The number of benzene rings is 2. The fraction of sp³-hybridized carbons (Fsp3) is 0.558. The van der Waals surface area contributed by atoms with Gasteiger partial charge in [0.1, 0.15) is 41.7 Å². The molecule has 0 aliphatic carbocycles. The summed E-state index contributed by atoms with van der Waals surface area (Å²) in [6.07, 6.45) is 3.32. The van der Waals surface area contributed by atoms with Gasteiger partial charge in [-0.05, 0) is 101 Å². The predicted molar refractivity (Wildman–Crippen MR) is 212 cm³/mol. The number of aromatic nitrogens is 3. The fourth-order valence-electron chi connectivity index (χ4n) is 10.1. The third-order valence-electron chi connectivity index (χ3n) is 12.9. The molecule has 1 unspecified atom stereocenters. The maximum absolute atomic E-state index is 17.6. The van der Waals surface area contributed by atoms with Gasteiger partial charge < -0.3 is 29.3 Å². The number of ether oxygens (including phenoxy) is 3. The van der Waals surface area contributed by atoms with Crippen molar-refractivity contribution in [2.75, 3.05) is 50.8 Å². The molecule has 308 valence electrons. The first-order chi connectivity index (χ1) is 27.8. The second-order valence-electron chi connectivity index (χ2n) is 17.7. The number of hydrogen-bond acceptors (Lipinski definition) is 10. The van der Waals surface area contributed by atoms with E-state index in [2.05, 4.69) is 10.2 Å². The SMILES string of the molecule is CC1(C)CC(F)CCN1C(=O)Oc1cc2c3c(cccc3c1)CCCOC(=O)N[C@]1(C)CCCN(C1)c1nc(OC[C@@]34CCCN3C[C@H](F)C4)nc3c(F)c-2ncc13. The van der Waals surface area contributed by atoms with Crippen LogP contribution in [0.5, 0.6) is 11.8 Å². The van der Waals surface area contributed by atoms with Crippen LogP contribution in [-0.4, -0.2) is 112 Å². The number of piperidine rings is 2. The van der Waals surface area contributed by atoms with Crippen LogP contribution >= 0.6 is 0 Å². The van der Waals surface area contributed by atoms with Crippen LogP contribution in [0.15, 0.2) is 36.5 Å². The first-order valence-electron chi connectivity index (χ1n) is 20.6. The van der Waals surface area contributed by atoms with Gasteiger partial charge in [-0.1, -0.05) is 18.2 Å². The first-order valence-corrected chi connectivity index (χ1v) is 20.6. The fourth-order valence-corrected chi connectivity index (χ4v) is 10.1. The number of pyridine rings is 1. The van der Waals surface area contributed by atoms with Crippen LogP contribution in [0, 0.1) is 5.82 Å². The number of fused-ring (bicyclic) bond motifs is 7. The Balaban J connectivity index is 1.18. The van der Waals surface area contributed by atoms with Crippen molar-refractivity contribution in [3.8, 4) is 23.0 Å². The molecule has 0 radical (unpaired) electrons. The number of carbonyl (C=O) groups excluding carboxylic acids is 2.